The molecule has 1 amide bonds. The highest BCUT2D eigenvalue weighted by Gasteiger charge is 2.34. The van der Waals surface area contributed by atoms with Gasteiger partial charge in [-0.3, -0.25) is 9.69 Å². The molecule has 2 heterocycles. The van der Waals surface area contributed by atoms with Crippen LogP contribution in [0.5, 0.6) is 0 Å². The van der Waals surface area contributed by atoms with Gasteiger partial charge in [0, 0.05) is 49.1 Å². The van der Waals surface area contributed by atoms with E-state index in [9.17, 15) is 23.1 Å². The van der Waals surface area contributed by atoms with Gasteiger partial charge in [0.15, 0.2) is 0 Å². The van der Waals surface area contributed by atoms with Crippen LogP contribution in [-0.2, 0) is 31.1 Å². The summed E-state index contributed by atoms with van der Waals surface area (Å²) in [4.78, 5) is 18.1. The molecule has 1 aromatic heterocycles. The number of alkyl halides is 3. The van der Waals surface area contributed by atoms with Crippen molar-refractivity contribution in [3.63, 3.8) is 0 Å². The summed E-state index contributed by atoms with van der Waals surface area (Å²) in [6.07, 6.45) is -4.75. The first kappa shape index (κ1) is 30.8. The van der Waals surface area contributed by atoms with Gasteiger partial charge in [-0.2, -0.15) is 13.2 Å². The lowest BCUT2D eigenvalue weighted by Gasteiger charge is -2.35. The van der Waals surface area contributed by atoms with Crippen LogP contribution in [0.2, 0.25) is 0 Å². The van der Waals surface area contributed by atoms with Crippen LogP contribution in [0.25, 0.3) is 22.0 Å². The molecule has 0 aliphatic carbocycles. The number of ether oxygens (including phenoxy) is 1. The van der Waals surface area contributed by atoms with Crippen LogP contribution in [0.1, 0.15) is 41.0 Å². The SMILES string of the molecule is C[C@@H]1CN([C@@H](C)CO)C(=O)c2c(c3ccccc3n2C)-c2ccccc2CO[C@@H]1CN(C)Cc1cccc(C(F)(F)F)c1. The third-order valence-electron chi connectivity index (χ3n) is 8.42. The van der Waals surface area contributed by atoms with E-state index in [0.717, 1.165) is 33.7 Å². The summed E-state index contributed by atoms with van der Waals surface area (Å²) in [5.74, 6) is -0.319. The molecule has 0 unspecified atom stereocenters. The van der Waals surface area contributed by atoms with Crippen LogP contribution < -0.4 is 0 Å². The second-order valence-corrected chi connectivity index (χ2v) is 11.7. The lowest BCUT2D eigenvalue weighted by Crippen LogP contribution is -2.47. The predicted octanol–water partition coefficient (Wildman–Crippen LogP) is 6.35. The molecule has 0 spiro atoms. The van der Waals surface area contributed by atoms with Gasteiger partial charge in [-0.25, -0.2) is 0 Å². The highest BCUT2D eigenvalue weighted by molar-refractivity contribution is 6.10. The number of aryl methyl sites for hydroxylation is 1. The van der Waals surface area contributed by atoms with Crippen molar-refractivity contribution < 1.29 is 27.8 Å². The number of amides is 1. The summed E-state index contributed by atoms with van der Waals surface area (Å²) in [6, 6.07) is 20.8. The number of rotatable bonds is 6. The van der Waals surface area contributed by atoms with Crippen molar-refractivity contribution in [2.24, 2.45) is 13.0 Å². The Morgan fingerprint density at radius 3 is 2.53 bits per heavy atom. The van der Waals surface area contributed by atoms with Gasteiger partial charge in [-0.1, -0.05) is 67.6 Å². The van der Waals surface area contributed by atoms with E-state index < -0.39 is 17.8 Å². The van der Waals surface area contributed by atoms with E-state index in [1.165, 1.54) is 12.1 Å². The Morgan fingerprint density at radius 2 is 1.79 bits per heavy atom. The zero-order chi connectivity index (χ0) is 30.9. The van der Waals surface area contributed by atoms with Crippen molar-refractivity contribution in [1.29, 1.82) is 0 Å². The Morgan fingerprint density at radius 1 is 1.07 bits per heavy atom. The molecule has 0 bridgehead atoms. The van der Waals surface area contributed by atoms with Gasteiger partial charge in [0.2, 0.25) is 0 Å². The number of halogens is 3. The molecule has 1 aliphatic heterocycles. The molecule has 5 rings (SSSR count). The Balaban J connectivity index is 1.53. The van der Waals surface area contributed by atoms with Crippen LogP contribution >= 0.6 is 0 Å². The van der Waals surface area contributed by atoms with Gasteiger partial charge >= 0.3 is 6.18 Å². The van der Waals surface area contributed by atoms with Crippen molar-refractivity contribution in [3.8, 4) is 11.1 Å². The number of para-hydroxylation sites is 1. The van der Waals surface area contributed by atoms with Crippen molar-refractivity contribution in [2.75, 3.05) is 26.7 Å². The van der Waals surface area contributed by atoms with Gasteiger partial charge in [-0.15, -0.1) is 0 Å². The number of carbonyl (C=O) groups is 1. The van der Waals surface area contributed by atoms with Crippen molar-refractivity contribution in [3.05, 3.63) is 95.2 Å². The molecule has 4 aromatic rings. The number of fused-ring (bicyclic) bond motifs is 5. The normalized spacial score (nSPS) is 18.8. The molecule has 6 nitrogen and oxygen atoms in total. The Kier molecular flexibility index (Phi) is 8.96. The summed E-state index contributed by atoms with van der Waals surface area (Å²) in [5.41, 5.74) is 4.06. The minimum Gasteiger partial charge on any atom is -0.394 e. The zero-order valence-electron chi connectivity index (χ0n) is 24.9. The van der Waals surface area contributed by atoms with Crippen molar-refractivity contribution in [2.45, 2.75) is 45.3 Å². The summed E-state index contributed by atoms with van der Waals surface area (Å²) < 4.78 is 48.4. The van der Waals surface area contributed by atoms with Gasteiger partial charge in [-0.05, 0) is 42.8 Å². The number of benzene rings is 3. The zero-order valence-corrected chi connectivity index (χ0v) is 24.9. The molecule has 0 radical (unpaired) electrons. The highest BCUT2D eigenvalue weighted by Crippen LogP contribution is 2.38. The molecule has 1 N–H and O–H groups in total. The number of hydrogen-bond donors (Lipinski definition) is 1. The Labute approximate surface area is 250 Å². The second-order valence-electron chi connectivity index (χ2n) is 11.7. The number of nitrogens with zero attached hydrogens (tertiary/aromatic N) is 3. The van der Waals surface area contributed by atoms with Gasteiger partial charge < -0.3 is 19.3 Å². The van der Waals surface area contributed by atoms with E-state index in [1.54, 1.807) is 11.0 Å². The van der Waals surface area contributed by atoms with Gasteiger partial charge in [0.1, 0.15) is 5.69 Å². The van der Waals surface area contributed by atoms with Crippen LogP contribution in [0.15, 0.2) is 72.8 Å². The minimum atomic E-state index is -4.41. The van der Waals surface area contributed by atoms with Crippen LogP contribution in [-0.4, -0.2) is 64.3 Å². The van der Waals surface area contributed by atoms with Crippen molar-refractivity contribution >= 4 is 16.8 Å². The van der Waals surface area contributed by atoms with Gasteiger partial charge in [0.05, 0.1) is 30.9 Å². The van der Waals surface area contributed by atoms with Crippen LogP contribution in [0.3, 0.4) is 0 Å². The first-order valence-corrected chi connectivity index (χ1v) is 14.5. The highest BCUT2D eigenvalue weighted by atomic mass is 19.4. The average Bonchev–Trinajstić information content (AvgIpc) is 3.28. The Bertz CT molecular complexity index is 1600. The standard InChI is InChI=1S/C34H38F3N3O3/c1-22-17-40(23(2)20-41)33(42)32-31(28-14-7-8-15-29(28)39(32)4)27-13-6-5-11-25(27)21-43-30(22)19-38(3)18-24-10-9-12-26(16-24)34(35,36)37/h5-16,22-23,30,41H,17-21H2,1-4H3/t22-,23+,30-/m1/s1. The summed E-state index contributed by atoms with van der Waals surface area (Å²) >= 11 is 0. The molecular formula is C34H38F3N3O3. The number of aromatic nitrogens is 1. The van der Waals surface area contributed by atoms with Gasteiger partial charge in [0.25, 0.3) is 5.91 Å². The molecule has 43 heavy (non-hydrogen) atoms. The number of aliphatic hydroxyl groups excluding tert-OH is 1. The number of likely N-dealkylation sites (N-methyl/N-ethyl adjacent to an activating group) is 1. The quantitative estimate of drug-likeness (QED) is 0.283. The summed E-state index contributed by atoms with van der Waals surface area (Å²) in [5, 5.41) is 11.1. The topological polar surface area (TPSA) is 57.9 Å². The largest absolute Gasteiger partial charge is 0.416 e. The van der Waals surface area contributed by atoms with Crippen LogP contribution in [0.4, 0.5) is 13.2 Å². The van der Waals surface area contributed by atoms with Crippen molar-refractivity contribution in [1.82, 2.24) is 14.4 Å². The van der Waals surface area contributed by atoms with E-state index in [2.05, 4.69) is 0 Å². The molecule has 228 valence electrons. The lowest BCUT2D eigenvalue weighted by atomic mass is 9.96. The molecule has 0 fully saturated rings. The van der Waals surface area contributed by atoms with Crippen LogP contribution in [0, 0.1) is 5.92 Å². The Hall–Kier alpha value is -3.66. The van der Waals surface area contributed by atoms with E-state index in [4.69, 9.17) is 4.74 Å². The predicted molar refractivity (Wildman–Crippen MR) is 161 cm³/mol. The maximum absolute atomic E-state index is 14.4. The fourth-order valence-corrected chi connectivity index (χ4v) is 6.05. The molecule has 1 aliphatic rings. The van der Waals surface area contributed by atoms with E-state index in [0.29, 0.717) is 37.5 Å². The summed E-state index contributed by atoms with van der Waals surface area (Å²) in [6.45, 7) is 5.02. The van der Waals surface area contributed by atoms with E-state index in [1.807, 2.05) is 85.9 Å². The third kappa shape index (κ3) is 6.34. The average molecular weight is 594 g/mol. The molecule has 0 saturated carbocycles. The molecule has 0 saturated heterocycles. The molecule has 3 atom stereocenters. The van der Waals surface area contributed by atoms with E-state index >= 15 is 0 Å². The minimum absolute atomic E-state index is 0.148. The first-order chi connectivity index (χ1) is 20.5. The number of carbonyl (C=O) groups excluding carboxylic acids is 1. The fraction of sp³-hybridized carbons (Fsp3) is 0.382. The molecule has 3 aromatic carbocycles. The first-order valence-electron chi connectivity index (χ1n) is 14.5. The number of hydrogen-bond acceptors (Lipinski definition) is 4. The van der Waals surface area contributed by atoms with E-state index in [-0.39, 0.29) is 24.5 Å². The number of aliphatic hydroxyl groups is 1. The molecule has 9 heteroatoms. The molecular weight excluding hydrogens is 555 g/mol. The maximum Gasteiger partial charge on any atom is 0.416 e. The second kappa shape index (κ2) is 12.5. The summed E-state index contributed by atoms with van der Waals surface area (Å²) in [7, 11) is 3.76. The maximum atomic E-state index is 14.4. The fourth-order valence-electron chi connectivity index (χ4n) is 6.05. The smallest absolute Gasteiger partial charge is 0.394 e. The lowest BCUT2D eigenvalue weighted by molar-refractivity contribution is -0.137. The third-order valence-corrected chi connectivity index (χ3v) is 8.42. The monoisotopic (exact) mass is 593 g/mol.